The molecule has 0 bridgehead atoms. The summed E-state index contributed by atoms with van der Waals surface area (Å²) in [5.41, 5.74) is 0.852. The van der Waals surface area contributed by atoms with Gasteiger partial charge in [-0.2, -0.15) is 4.31 Å². The molecule has 3 rings (SSSR count). The molecule has 0 spiro atoms. The van der Waals surface area contributed by atoms with Crippen LogP contribution in [0.15, 0.2) is 24.3 Å². The minimum atomic E-state index is -3.44. The number of sulfonamides is 1. The molecule has 30 heavy (non-hydrogen) atoms. The van der Waals surface area contributed by atoms with E-state index in [2.05, 4.69) is 5.32 Å². The Hall–Kier alpha value is -2.13. The summed E-state index contributed by atoms with van der Waals surface area (Å²) in [6.07, 6.45) is 4.21. The number of ether oxygens (including phenoxy) is 1. The van der Waals surface area contributed by atoms with Crippen molar-refractivity contribution in [3.8, 4) is 5.75 Å². The van der Waals surface area contributed by atoms with Gasteiger partial charge in [0.05, 0.1) is 25.7 Å². The monoisotopic (exact) mass is 437 g/mol. The third kappa shape index (κ3) is 5.51. The molecule has 2 aliphatic rings. The molecular weight excluding hydrogens is 406 g/mol. The lowest BCUT2D eigenvalue weighted by Gasteiger charge is -2.30. The topological polar surface area (TPSA) is 96.0 Å². The van der Waals surface area contributed by atoms with Gasteiger partial charge >= 0.3 is 0 Å². The van der Waals surface area contributed by atoms with Gasteiger partial charge in [0.1, 0.15) is 5.75 Å². The van der Waals surface area contributed by atoms with Crippen LogP contribution in [-0.2, 0) is 26.0 Å². The normalized spacial score (nSPS) is 23.9. The van der Waals surface area contributed by atoms with Gasteiger partial charge in [-0.05, 0) is 37.0 Å². The Morgan fingerprint density at radius 3 is 2.73 bits per heavy atom. The van der Waals surface area contributed by atoms with Crippen molar-refractivity contribution in [2.24, 2.45) is 5.92 Å². The zero-order chi connectivity index (χ0) is 21.7. The third-order valence-corrected chi connectivity index (χ3v) is 7.25. The second-order valence-corrected chi connectivity index (χ2v) is 9.97. The maximum atomic E-state index is 12.9. The maximum absolute atomic E-state index is 12.9. The molecule has 1 aromatic carbocycles. The molecule has 1 aliphatic heterocycles. The highest BCUT2D eigenvalue weighted by Crippen LogP contribution is 2.32. The number of hydrogen-bond donors (Lipinski definition) is 1. The Balaban J connectivity index is 1.73. The zero-order valence-electron chi connectivity index (χ0n) is 17.7. The van der Waals surface area contributed by atoms with Crippen LogP contribution in [0, 0.1) is 5.92 Å². The van der Waals surface area contributed by atoms with Crippen molar-refractivity contribution in [1.29, 1.82) is 0 Å². The van der Waals surface area contributed by atoms with Crippen LogP contribution in [0.5, 0.6) is 5.75 Å². The zero-order valence-corrected chi connectivity index (χ0v) is 18.5. The number of rotatable bonds is 4. The highest BCUT2D eigenvalue weighted by Gasteiger charge is 2.40. The molecule has 166 valence electrons. The molecule has 2 atom stereocenters. The molecule has 1 aliphatic carbocycles. The number of hydrogen-bond acceptors (Lipinski definition) is 5. The third-order valence-electron chi connectivity index (χ3n) is 5.94. The fourth-order valence-electron chi connectivity index (χ4n) is 4.46. The number of nitrogens with one attached hydrogen (secondary N) is 1. The lowest BCUT2D eigenvalue weighted by molar-refractivity contribution is -0.131. The Morgan fingerprint density at radius 1 is 1.20 bits per heavy atom. The number of fused-ring (bicyclic) bond motifs is 1. The second-order valence-electron chi connectivity index (χ2n) is 8.03. The molecule has 1 heterocycles. The summed E-state index contributed by atoms with van der Waals surface area (Å²) in [6, 6.07) is 7.09. The van der Waals surface area contributed by atoms with Gasteiger partial charge in [-0.1, -0.05) is 18.6 Å². The molecule has 1 aromatic rings. The quantitative estimate of drug-likeness (QED) is 0.759. The van der Waals surface area contributed by atoms with E-state index in [4.69, 9.17) is 4.74 Å². The van der Waals surface area contributed by atoms with E-state index in [1.54, 1.807) is 12.0 Å². The van der Waals surface area contributed by atoms with Crippen LogP contribution in [0.25, 0.3) is 0 Å². The van der Waals surface area contributed by atoms with Gasteiger partial charge in [-0.15, -0.1) is 0 Å². The minimum Gasteiger partial charge on any atom is -0.497 e. The van der Waals surface area contributed by atoms with Crippen molar-refractivity contribution in [2.45, 2.75) is 38.1 Å². The summed E-state index contributed by atoms with van der Waals surface area (Å²) in [7, 11) is -1.86. The van der Waals surface area contributed by atoms with Gasteiger partial charge < -0.3 is 15.0 Å². The molecule has 9 heteroatoms. The standard InChI is InChI=1S/C21H31N3O5S/c1-29-17-7-3-6-16(14-17)15-20(25)23-11-5-12-24(30(2,27)28)19-9-4-8-18(19)21(26)22-10-13-23/h3,6-7,14,18-19H,4-5,8-13,15H2,1-2H3,(H,22,26). The molecule has 2 amide bonds. The first kappa shape index (κ1) is 22.6. The highest BCUT2D eigenvalue weighted by molar-refractivity contribution is 7.88. The van der Waals surface area contributed by atoms with E-state index in [1.165, 1.54) is 10.6 Å². The molecule has 2 fully saturated rings. The molecule has 0 aromatic heterocycles. The van der Waals surface area contributed by atoms with E-state index in [0.29, 0.717) is 51.2 Å². The predicted octanol–water partition coefficient (Wildman–Crippen LogP) is 1.02. The van der Waals surface area contributed by atoms with E-state index < -0.39 is 10.0 Å². The number of amides is 2. The Morgan fingerprint density at radius 2 is 2.00 bits per heavy atom. The van der Waals surface area contributed by atoms with Gasteiger partial charge in [0.2, 0.25) is 21.8 Å². The fraction of sp³-hybridized carbons (Fsp3) is 0.619. The smallest absolute Gasteiger partial charge is 0.227 e. The van der Waals surface area contributed by atoms with Crippen LogP contribution in [0.1, 0.15) is 31.2 Å². The van der Waals surface area contributed by atoms with Crippen molar-refractivity contribution in [3.05, 3.63) is 29.8 Å². The molecular formula is C21H31N3O5S. The predicted molar refractivity (Wildman–Crippen MR) is 114 cm³/mol. The fourth-order valence-corrected chi connectivity index (χ4v) is 5.67. The largest absolute Gasteiger partial charge is 0.497 e. The van der Waals surface area contributed by atoms with E-state index in [0.717, 1.165) is 12.0 Å². The van der Waals surface area contributed by atoms with Gasteiger partial charge in [-0.25, -0.2) is 8.42 Å². The van der Waals surface area contributed by atoms with Crippen molar-refractivity contribution in [1.82, 2.24) is 14.5 Å². The van der Waals surface area contributed by atoms with Crippen molar-refractivity contribution >= 4 is 21.8 Å². The van der Waals surface area contributed by atoms with E-state index in [1.807, 2.05) is 24.3 Å². The van der Waals surface area contributed by atoms with Crippen LogP contribution in [-0.4, -0.2) is 75.0 Å². The number of carbonyl (C=O) groups excluding carboxylic acids is 2. The number of benzene rings is 1. The Bertz CT molecular complexity index is 873. The summed E-state index contributed by atoms with van der Waals surface area (Å²) >= 11 is 0. The molecule has 0 radical (unpaired) electrons. The summed E-state index contributed by atoms with van der Waals surface area (Å²) in [5.74, 6) is 0.204. The van der Waals surface area contributed by atoms with Gasteiger partial charge in [0, 0.05) is 32.2 Å². The average molecular weight is 438 g/mol. The molecule has 1 saturated carbocycles. The van der Waals surface area contributed by atoms with Gasteiger partial charge in [-0.3, -0.25) is 9.59 Å². The van der Waals surface area contributed by atoms with Crippen molar-refractivity contribution in [2.75, 3.05) is 39.5 Å². The van der Waals surface area contributed by atoms with Crippen LogP contribution >= 0.6 is 0 Å². The van der Waals surface area contributed by atoms with Crippen molar-refractivity contribution in [3.63, 3.8) is 0 Å². The SMILES string of the molecule is COc1cccc(CC(=O)N2CCCN(S(C)(=O)=O)C3CCCC3C(=O)NCC2)c1. The average Bonchev–Trinajstić information content (AvgIpc) is 3.16. The number of carbonyl (C=O) groups is 2. The number of nitrogens with zero attached hydrogens (tertiary/aromatic N) is 2. The first-order valence-corrected chi connectivity index (χ1v) is 12.3. The van der Waals surface area contributed by atoms with Crippen LogP contribution in [0.2, 0.25) is 0 Å². The van der Waals surface area contributed by atoms with Crippen LogP contribution in [0.3, 0.4) is 0 Å². The summed E-state index contributed by atoms with van der Waals surface area (Å²) < 4.78 is 31.5. The lowest BCUT2D eigenvalue weighted by Crippen LogP contribution is -2.47. The van der Waals surface area contributed by atoms with Gasteiger partial charge in [0.25, 0.3) is 0 Å². The summed E-state index contributed by atoms with van der Waals surface area (Å²) in [4.78, 5) is 27.3. The number of methoxy groups -OCH3 is 1. The summed E-state index contributed by atoms with van der Waals surface area (Å²) in [5, 5.41) is 2.92. The minimum absolute atomic E-state index is 0.0529. The van der Waals surface area contributed by atoms with E-state index >= 15 is 0 Å². The van der Waals surface area contributed by atoms with Gasteiger partial charge in [0.15, 0.2) is 0 Å². The Labute approximate surface area is 178 Å². The first-order chi connectivity index (χ1) is 14.3. The van der Waals surface area contributed by atoms with Crippen LogP contribution < -0.4 is 10.1 Å². The molecule has 8 nitrogen and oxygen atoms in total. The summed E-state index contributed by atoms with van der Waals surface area (Å²) in [6.45, 7) is 1.54. The maximum Gasteiger partial charge on any atom is 0.227 e. The van der Waals surface area contributed by atoms with Crippen molar-refractivity contribution < 1.29 is 22.7 Å². The molecule has 1 N–H and O–H groups in total. The van der Waals surface area contributed by atoms with E-state index in [-0.39, 0.29) is 30.2 Å². The highest BCUT2D eigenvalue weighted by atomic mass is 32.2. The van der Waals surface area contributed by atoms with Crippen LogP contribution in [0.4, 0.5) is 0 Å². The molecule has 2 unspecified atom stereocenters. The second kappa shape index (κ2) is 9.78. The molecule has 1 saturated heterocycles. The van der Waals surface area contributed by atoms with E-state index in [9.17, 15) is 18.0 Å². The first-order valence-electron chi connectivity index (χ1n) is 10.4. The Kier molecular flexibility index (Phi) is 7.36. The lowest BCUT2D eigenvalue weighted by atomic mass is 10.0.